The molecule has 0 aliphatic carbocycles. The van der Waals surface area contributed by atoms with Crippen LogP contribution >= 0.6 is 0 Å². The van der Waals surface area contributed by atoms with Crippen LogP contribution < -0.4 is 20.1 Å². The van der Waals surface area contributed by atoms with Crippen molar-refractivity contribution in [3.63, 3.8) is 0 Å². The van der Waals surface area contributed by atoms with E-state index in [0.717, 1.165) is 29.1 Å². The lowest BCUT2D eigenvalue weighted by molar-refractivity contribution is -0.274. The third kappa shape index (κ3) is 6.11. The number of alkyl halides is 3. The summed E-state index contributed by atoms with van der Waals surface area (Å²) in [6, 6.07) is 20.6. The van der Waals surface area contributed by atoms with Crippen molar-refractivity contribution < 1.29 is 27.4 Å². The highest BCUT2D eigenvalue weighted by atomic mass is 19.4. The molecule has 2 amide bonds. The number of nitrogens with one attached hydrogen (secondary N) is 2. The molecule has 7 nitrogen and oxygen atoms in total. The molecule has 1 aromatic heterocycles. The van der Waals surface area contributed by atoms with Crippen molar-refractivity contribution in [1.29, 1.82) is 0 Å². The minimum atomic E-state index is -4.79. The highest BCUT2D eigenvalue weighted by Crippen LogP contribution is 2.32. The molecule has 35 heavy (non-hydrogen) atoms. The molecule has 180 valence electrons. The van der Waals surface area contributed by atoms with Crippen molar-refractivity contribution >= 4 is 17.4 Å². The lowest BCUT2D eigenvalue weighted by Crippen LogP contribution is -2.20. The second-order valence-corrected chi connectivity index (χ2v) is 7.57. The summed E-state index contributed by atoms with van der Waals surface area (Å²) >= 11 is 0. The number of aryl methyl sites for hydroxylation is 2. The summed E-state index contributed by atoms with van der Waals surface area (Å²) in [6.07, 6.45) is -4.79. The van der Waals surface area contributed by atoms with Gasteiger partial charge in [-0.1, -0.05) is 30.3 Å². The van der Waals surface area contributed by atoms with Crippen LogP contribution in [0.2, 0.25) is 0 Å². The molecule has 0 spiro atoms. The average molecular weight is 482 g/mol. The van der Waals surface area contributed by atoms with Crippen LogP contribution in [0.4, 0.5) is 29.3 Å². The maximum atomic E-state index is 12.5. The smallest absolute Gasteiger partial charge is 0.437 e. The Bertz CT molecular complexity index is 1330. The van der Waals surface area contributed by atoms with Crippen molar-refractivity contribution in [3.8, 4) is 23.1 Å². The molecule has 0 atom stereocenters. The van der Waals surface area contributed by atoms with Gasteiger partial charge in [0.25, 0.3) is 0 Å². The first-order chi connectivity index (χ1) is 16.7. The summed E-state index contributed by atoms with van der Waals surface area (Å²) in [5.41, 5.74) is 3.29. The van der Waals surface area contributed by atoms with Crippen LogP contribution in [0.1, 0.15) is 11.3 Å². The number of hydrogen-bond donors (Lipinski definition) is 2. The Morgan fingerprint density at radius 2 is 1.60 bits per heavy atom. The average Bonchev–Trinajstić information content (AvgIpc) is 3.15. The molecule has 0 bridgehead atoms. The van der Waals surface area contributed by atoms with Gasteiger partial charge in [-0.25, -0.2) is 9.48 Å². The number of benzene rings is 3. The van der Waals surface area contributed by atoms with Crippen LogP contribution in [0, 0.1) is 13.8 Å². The Morgan fingerprint density at radius 1 is 0.914 bits per heavy atom. The van der Waals surface area contributed by atoms with E-state index in [2.05, 4.69) is 20.5 Å². The van der Waals surface area contributed by atoms with Crippen LogP contribution in [0.15, 0.2) is 78.9 Å². The van der Waals surface area contributed by atoms with E-state index in [-0.39, 0.29) is 11.4 Å². The van der Waals surface area contributed by atoms with Gasteiger partial charge in [0.15, 0.2) is 5.75 Å². The monoisotopic (exact) mass is 482 g/mol. The SMILES string of the molecule is Cc1cc(Oc2ccccc2NC(=O)Nc2ccc(OC(F)(F)F)cc2)n(-c2ccccc2C)n1. The number of amides is 2. The predicted molar refractivity (Wildman–Crippen MR) is 125 cm³/mol. The van der Waals surface area contributed by atoms with Crippen molar-refractivity contribution in [2.24, 2.45) is 0 Å². The van der Waals surface area contributed by atoms with E-state index in [4.69, 9.17) is 4.74 Å². The number of para-hydroxylation sites is 3. The topological polar surface area (TPSA) is 77.4 Å². The molecule has 1 heterocycles. The highest BCUT2D eigenvalue weighted by Gasteiger charge is 2.31. The summed E-state index contributed by atoms with van der Waals surface area (Å²) in [4.78, 5) is 12.5. The van der Waals surface area contributed by atoms with Gasteiger partial charge >= 0.3 is 12.4 Å². The third-order valence-corrected chi connectivity index (χ3v) is 4.84. The summed E-state index contributed by atoms with van der Waals surface area (Å²) in [5.74, 6) is 0.459. The molecule has 3 aromatic carbocycles. The minimum absolute atomic E-state index is 0.281. The number of anilines is 2. The molecule has 4 aromatic rings. The Labute approximate surface area is 199 Å². The molecule has 0 saturated heterocycles. The first kappa shape index (κ1) is 23.7. The van der Waals surface area contributed by atoms with E-state index < -0.39 is 12.4 Å². The zero-order valence-corrected chi connectivity index (χ0v) is 18.8. The Kier molecular flexibility index (Phi) is 6.63. The van der Waals surface area contributed by atoms with Gasteiger partial charge in [-0.2, -0.15) is 5.10 Å². The molecule has 0 aliphatic heterocycles. The van der Waals surface area contributed by atoms with E-state index in [1.54, 1.807) is 35.0 Å². The van der Waals surface area contributed by atoms with E-state index in [9.17, 15) is 18.0 Å². The number of ether oxygens (including phenoxy) is 2. The lowest BCUT2D eigenvalue weighted by Gasteiger charge is -2.15. The van der Waals surface area contributed by atoms with Gasteiger partial charge in [-0.3, -0.25) is 0 Å². The summed E-state index contributed by atoms with van der Waals surface area (Å²) in [5, 5.41) is 9.78. The zero-order chi connectivity index (χ0) is 25.0. The normalized spacial score (nSPS) is 11.1. The Morgan fingerprint density at radius 3 is 2.31 bits per heavy atom. The van der Waals surface area contributed by atoms with E-state index in [0.29, 0.717) is 17.3 Å². The molecule has 0 unspecified atom stereocenters. The maximum Gasteiger partial charge on any atom is 0.573 e. The molecular weight excluding hydrogens is 461 g/mol. The second-order valence-electron chi connectivity index (χ2n) is 7.57. The zero-order valence-electron chi connectivity index (χ0n) is 18.8. The summed E-state index contributed by atoms with van der Waals surface area (Å²) < 4.78 is 48.6. The summed E-state index contributed by atoms with van der Waals surface area (Å²) in [7, 11) is 0. The fraction of sp³-hybridized carbons (Fsp3) is 0.120. The predicted octanol–water partition coefficient (Wildman–Crippen LogP) is 6.82. The van der Waals surface area contributed by atoms with Gasteiger partial charge in [0.05, 0.1) is 17.1 Å². The first-order valence-corrected chi connectivity index (χ1v) is 10.5. The number of halogens is 3. The number of rotatable bonds is 6. The number of urea groups is 1. The van der Waals surface area contributed by atoms with Crippen LogP contribution in [0.25, 0.3) is 5.69 Å². The van der Waals surface area contributed by atoms with Crippen molar-refractivity contribution in [2.45, 2.75) is 20.2 Å². The van der Waals surface area contributed by atoms with E-state index in [1.807, 2.05) is 38.1 Å². The number of nitrogens with zero attached hydrogens (tertiary/aromatic N) is 2. The molecule has 2 N–H and O–H groups in total. The molecule has 0 saturated carbocycles. The largest absolute Gasteiger partial charge is 0.573 e. The Balaban J connectivity index is 1.49. The van der Waals surface area contributed by atoms with Gasteiger partial charge in [0.1, 0.15) is 5.75 Å². The molecule has 0 aliphatic rings. The maximum absolute atomic E-state index is 12.5. The second kappa shape index (κ2) is 9.80. The van der Waals surface area contributed by atoms with Gasteiger partial charge in [-0.05, 0) is 61.9 Å². The van der Waals surface area contributed by atoms with Crippen LogP contribution in [-0.4, -0.2) is 22.2 Å². The molecule has 10 heteroatoms. The van der Waals surface area contributed by atoms with E-state index in [1.165, 1.54) is 12.1 Å². The van der Waals surface area contributed by atoms with Crippen LogP contribution in [0.5, 0.6) is 17.4 Å². The summed E-state index contributed by atoms with van der Waals surface area (Å²) in [6.45, 7) is 3.82. The number of carbonyl (C=O) groups is 1. The van der Waals surface area contributed by atoms with Gasteiger partial charge < -0.3 is 20.1 Å². The van der Waals surface area contributed by atoms with Crippen molar-refractivity contribution in [2.75, 3.05) is 10.6 Å². The minimum Gasteiger partial charge on any atom is -0.437 e. The molecule has 0 radical (unpaired) electrons. The Hall–Kier alpha value is -4.47. The molecule has 0 fully saturated rings. The fourth-order valence-electron chi connectivity index (χ4n) is 3.32. The molecule has 4 rings (SSSR count). The standard InChI is InChI=1S/C25H21F3N4O3/c1-16-7-3-5-9-21(16)32-23(15-17(2)31-32)34-22-10-6-4-8-20(22)30-24(33)29-18-11-13-19(14-12-18)35-25(26,27)28/h3-15H,1-2H3,(H2,29,30,33). The highest BCUT2D eigenvalue weighted by molar-refractivity contribution is 6.00. The number of aromatic nitrogens is 2. The number of hydrogen-bond acceptors (Lipinski definition) is 4. The van der Waals surface area contributed by atoms with Gasteiger partial charge in [0.2, 0.25) is 5.88 Å². The van der Waals surface area contributed by atoms with Gasteiger partial charge in [-0.15, -0.1) is 13.2 Å². The number of carbonyl (C=O) groups excluding carboxylic acids is 1. The van der Waals surface area contributed by atoms with Crippen molar-refractivity contribution in [1.82, 2.24) is 9.78 Å². The third-order valence-electron chi connectivity index (χ3n) is 4.84. The fourth-order valence-corrected chi connectivity index (χ4v) is 3.32. The molecular formula is C25H21F3N4O3. The van der Waals surface area contributed by atoms with Crippen LogP contribution in [0.3, 0.4) is 0 Å². The quantitative estimate of drug-likeness (QED) is 0.316. The lowest BCUT2D eigenvalue weighted by atomic mass is 10.2. The van der Waals surface area contributed by atoms with Crippen LogP contribution in [-0.2, 0) is 0 Å². The van der Waals surface area contributed by atoms with E-state index >= 15 is 0 Å². The van der Waals surface area contributed by atoms with Crippen molar-refractivity contribution in [3.05, 3.63) is 90.1 Å². The first-order valence-electron chi connectivity index (χ1n) is 10.5. The van der Waals surface area contributed by atoms with Gasteiger partial charge in [0, 0.05) is 11.8 Å².